The molecule has 0 bridgehead atoms. The fourth-order valence-electron chi connectivity index (χ4n) is 3.64. The fraction of sp³-hybridized carbons (Fsp3) is 0.765. The molecule has 2 fully saturated rings. The average molecular weight is 292 g/mol. The van der Waals surface area contributed by atoms with Gasteiger partial charge in [0, 0.05) is 29.5 Å². The molecule has 0 amide bonds. The Hall–Kier alpha value is -0.380. The van der Waals surface area contributed by atoms with Crippen LogP contribution in [-0.2, 0) is 6.54 Å². The van der Waals surface area contributed by atoms with Crippen molar-refractivity contribution in [1.82, 2.24) is 10.2 Å². The number of hydrogen-bond acceptors (Lipinski definition) is 3. The van der Waals surface area contributed by atoms with Crippen molar-refractivity contribution in [3.8, 4) is 0 Å². The summed E-state index contributed by atoms with van der Waals surface area (Å²) in [6, 6.07) is 5.34. The van der Waals surface area contributed by atoms with E-state index >= 15 is 0 Å². The van der Waals surface area contributed by atoms with Crippen LogP contribution in [0.1, 0.15) is 56.2 Å². The smallest absolute Gasteiger partial charge is 0.0330 e. The minimum absolute atomic E-state index is 0.431. The highest BCUT2D eigenvalue weighted by atomic mass is 32.1. The molecule has 0 aliphatic heterocycles. The van der Waals surface area contributed by atoms with Gasteiger partial charge >= 0.3 is 0 Å². The van der Waals surface area contributed by atoms with Gasteiger partial charge in [-0.2, -0.15) is 0 Å². The Morgan fingerprint density at radius 1 is 1.30 bits per heavy atom. The van der Waals surface area contributed by atoms with Crippen LogP contribution >= 0.6 is 11.3 Å². The van der Waals surface area contributed by atoms with E-state index in [0.717, 1.165) is 6.04 Å². The third-order valence-electron chi connectivity index (χ3n) is 5.22. The van der Waals surface area contributed by atoms with E-state index in [0.29, 0.717) is 5.54 Å². The topological polar surface area (TPSA) is 15.3 Å². The minimum atomic E-state index is 0.431. The Morgan fingerprint density at radius 2 is 2.10 bits per heavy atom. The molecule has 0 radical (unpaired) electrons. The van der Waals surface area contributed by atoms with E-state index in [-0.39, 0.29) is 0 Å². The lowest BCUT2D eigenvalue weighted by Gasteiger charge is -2.39. The molecule has 0 atom stereocenters. The maximum atomic E-state index is 3.67. The number of hydrogen-bond donors (Lipinski definition) is 1. The summed E-state index contributed by atoms with van der Waals surface area (Å²) in [5.74, 6) is 0. The zero-order chi connectivity index (χ0) is 13.8. The third-order valence-corrected chi connectivity index (χ3v) is 6.08. The molecule has 2 aliphatic carbocycles. The van der Waals surface area contributed by atoms with E-state index in [1.807, 2.05) is 11.3 Å². The molecule has 0 aromatic carbocycles. The first-order valence-electron chi connectivity index (χ1n) is 8.27. The summed E-state index contributed by atoms with van der Waals surface area (Å²) < 4.78 is 0. The second-order valence-electron chi connectivity index (χ2n) is 6.62. The van der Waals surface area contributed by atoms with Gasteiger partial charge in [0.25, 0.3) is 0 Å². The molecule has 20 heavy (non-hydrogen) atoms. The van der Waals surface area contributed by atoms with Gasteiger partial charge in [0.15, 0.2) is 0 Å². The lowest BCUT2D eigenvalue weighted by Crippen LogP contribution is -2.47. The van der Waals surface area contributed by atoms with Gasteiger partial charge in [0.1, 0.15) is 0 Å². The lowest BCUT2D eigenvalue weighted by molar-refractivity contribution is 0.174. The number of nitrogens with one attached hydrogen (secondary N) is 1. The molecule has 1 aromatic rings. The first kappa shape index (κ1) is 14.6. The van der Waals surface area contributed by atoms with Crippen LogP contribution in [0.2, 0.25) is 0 Å². The minimum Gasteiger partial charge on any atom is -0.314 e. The maximum Gasteiger partial charge on any atom is 0.0330 e. The average Bonchev–Trinajstić information content (AvgIpc) is 3.22. The van der Waals surface area contributed by atoms with Crippen LogP contribution < -0.4 is 5.32 Å². The summed E-state index contributed by atoms with van der Waals surface area (Å²) in [6.45, 7) is 2.44. The number of rotatable bonds is 7. The van der Waals surface area contributed by atoms with E-state index in [2.05, 4.69) is 34.8 Å². The predicted molar refractivity (Wildman–Crippen MR) is 87.2 cm³/mol. The summed E-state index contributed by atoms with van der Waals surface area (Å²) in [5.41, 5.74) is 0.431. The van der Waals surface area contributed by atoms with Crippen LogP contribution in [0.25, 0.3) is 0 Å². The second kappa shape index (κ2) is 6.59. The molecule has 1 heterocycles. The first-order valence-corrected chi connectivity index (χ1v) is 9.15. The van der Waals surface area contributed by atoms with Crippen LogP contribution in [0.15, 0.2) is 17.5 Å². The molecule has 0 unspecified atom stereocenters. The van der Waals surface area contributed by atoms with E-state index < -0.39 is 0 Å². The number of thiophene rings is 1. The van der Waals surface area contributed by atoms with Crippen molar-refractivity contribution in [2.75, 3.05) is 13.6 Å². The molecule has 2 nitrogen and oxygen atoms in total. The highest BCUT2D eigenvalue weighted by Crippen LogP contribution is 2.34. The van der Waals surface area contributed by atoms with Gasteiger partial charge in [-0.3, -0.25) is 4.90 Å². The monoisotopic (exact) mass is 292 g/mol. The molecule has 1 aromatic heterocycles. The molecule has 2 aliphatic rings. The molecule has 0 spiro atoms. The van der Waals surface area contributed by atoms with Gasteiger partial charge in [0.05, 0.1) is 0 Å². The largest absolute Gasteiger partial charge is 0.314 e. The Labute approximate surface area is 127 Å². The molecule has 3 heteroatoms. The van der Waals surface area contributed by atoms with Gasteiger partial charge in [-0.25, -0.2) is 0 Å². The van der Waals surface area contributed by atoms with Crippen LogP contribution in [0.4, 0.5) is 0 Å². The quantitative estimate of drug-likeness (QED) is 0.816. The zero-order valence-electron chi connectivity index (χ0n) is 12.7. The molecule has 3 rings (SSSR count). The Bertz CT molecular complexity index is 391. The summed E-state index contributed by atoms with van der Waals surface area (Å²) in [6.07, 6.45) is 11.2. The molecule has 112 valence electrons. The van der Waals surface area contributed by atoms with Crippen LogP contribution in [0.3, 0.4) is 0 Å². The van der Waals surface area contributed by atoms with Crippen LogP contribution in [-0.4, -0.2) is 30.1 Å². The highest BCUT2D eigenvalue weighted by molar-refractivity contribution is 7.09. The SMILES string of the molecule is CNC1(CCN(Cc2cccs2)C2CC2)CCCCC1. The van der Waals surface area contributed by atoms with Crippen molar-refractivity contribution >= 4 is 11.3 Å². The molecular formula is C17H28N2S. The Morgan fingerprint density at radius 3 is 2.70 bits per heavy atom. The van der Waals surface area contributed by atoms with Crippen molar-refractivity contribution in [1.29, 1.82) is 0 Å². The standard InChI is InChI=1S/C17H28N2S/c1-18-17(9-3-2-4-10-17)11-12-19(15-7-8-15)14-16-6-5-13-20-16/h5-6,13,15,18H,2-4,7-12,14H2,1H3. The maximum absolute atomic E-state index is 3.67. The van der Waals surface area contributed by atoms with Gasteiger partial charge in [-0.1, -0.05) is 25.3 Å². The van der Waals surface area contributed by atoms with Crippen molar-refractivity contribution in [2.24, 2.45) is 0 Å². The lowest BCUT2D eigenvalue weighted by atomic mass is 9.79. The van der Waals surface area contributed by atoms with Crippen molar-refractivity contribution in [3.05, 3.63) is 22.4 Å². The second-order valence-corrected chi connectivity index (χ2v) is 7.65. The van der Waals surface area contributed by atoms with Crippen molar-refractivity contribution in [3.63, 3.8) is 0 Å². The number of nitrogens with zero attached hydrogens (tertiary/aromatic N) is 1. The molecule has 1 N–H and O–H groups in total. The van der Waals surface area contributed by atoms with Crippen molar-refractivity contribution < 1.29 is 0 Å². The van der Waals surface area contributed by atoms with Gasteiger partial charge in [0.2, 0.25) is 0 Å². The zero-order valence-corrected chi connectivity index (χ0v) is 13.6. The van der Waals surface area contributed by atoms with E-state index in [9.17, 15) is 0 Å². The van der Waals surface area contributed by atoms with Gasteiger partial charge < -0.3 is 5.32 Å². The van der Waals surface area contributed by atoms with E-state index in [1.54, 1.807) is 0 Å². The summed E-state index contributed by atoms with van der Waals surface area (Å²) in [7, 11) is 2.17. The van der Waals surface area contributed by atoms with Gasteiger partial charge in [-0.05, 0) is 50.6 Å². The summed E-state index contributed by atoms with van der Waals surface area (Å²) in [4.78, 5) is 4.26. The highest BCUT2D eigenvalue weighted by Gasteiger charge is 2.34. The summed E-state index contributed by atoms with van der Waals surface area (Å²) >= 11 is 1.91. The molecule has 2 saturated carbocycles. The Kier molecular flexibility index (Phi) is 4.79. The molecule has 0 saturated heterocycles. The van der Waals surface area contributed by atoms with Crippen LogP contribution in [0.5, 0.6) is 0 Å². The summed E-state index contributed by atoms with van der Waals surface area (Å²) in [5, 5.41) is 5.87. The van der Waals surface area contributed by atoms with Gasteiger partial charge in [-0.15, -0.1) is 11.3 Å². The molecular weight excluding hydrogens is 264 g/mol. The predicted octanol–water partition coefficient (Wildman–Crippen LogP) is 4.02. The van der Waals surface area contributed by atoms with Crippen LogP contribution in [0, 0.1) is 0 Å². The first-order chi connectivity index (χ1) is 9.81. The van der Waals surface area contributed by atoms with E-state index in [4.69, 9.17) is 0 Å². The fourth-order valence-corrected chi connectivity index (χ4v) is 4.37. The Balaban J connectivity index is 1.56. The van der Waals surface area contributed by atoms with E-state index in [1.165, 1.54) is 69.3 Å². The normalized spacial score (nSPS) is 22.3. The third kappa shape index (κ3) is 3.63. The van der Waals surface area contributed by atoms with Crippen molar-refractivity contribution in [2.45, 2.75) is 69.5 Å².